The molecule has 2 atom stereocenters. The van der Waals surface area contributed by atoms with E-state index < -0.39 is 12.5 Å². The molecule has 1 aromatic heterocycles. The van der Waals surface area contributed by atoms with E-state index in [2.05, 4.69) is 14.6 Å². The van der Waals surface area contributed by atoms with E-state index in [-0.39, 0.29) is 18.2 Å². The molecule has 1 saturated heterocycles. The number of aromatic nitrogens is 1. The van der Waals surface area contributed by atoms with Gasteiger partial charge in [0.2, 0.25) is 5.88 Å². The minimum Gasteiger partial charge on any atom is -0.406 e. The van der Waals surface area contributed by atoms with Crippen LogP contribution < -0.4 is 9.47 Å². The van der Waals surface area contributed by atoms with Gasteiger partial charge in [0, 0.05) is 37.7 Å². The molecule has 2 aliphatic rings. The first-order valence-corrected chi connectivity index (χ1v) is 12.7. The monoisotopic (exact) mass is 537 g/mol. The summed E-state index contributed by atoms with van der Waals surface area (Å²) in [5.41, 5.74) is 3.28. The molecule has 2 unspecified atom stereocenters. The molecular formula is C25H23ClF3N3O3S. The molecule has 0 N–H and O–H groups in total. The molecule has 5 rings (SSSR count). The van der Waals surface area contributed by atoms with Crippen LogP contribution in [0.1, 0.15) is 11.1 Å². The van der Waals surface area contributed by atoms with E-state index in [0.29, 0.717) is 34.9 Å². The highest BCUT2D eigenvalue weighted by Gasteiger charge is 2.56. The fraction of sp³-hybridized carbons (Fsp3) is 0.360. The van der Waals surface area contributed by atoms with Crippen molar-refractivity contribution in [2.24, 2.45) is 17.8 Å². The Kier molecular flexibility index (Phi) is 7.09. The minimum atomic E-state index is -4.79. The summed E-state index contributed by atoms with van der Waals surface area (Å²) < 4.78 is 47.4. The zero-order valence-electron chi connectivity index (χ0n) is 19.0. The predicted molar refractivity (Wildman–Crippen MR) is 129 cm³/mol. The lowest BCUT2D eigenvalue weighted by Crippen LogP contribution is -2.36. The van der Waals surface area contributed by atoms with Gasteiger partial charge in [0.15, 0.2) is 0 Å². The van der Waals surface area contributed by atoms with Crippen LogP contribution in [-0.2, 0) is 13.1 Å². The molecule has 1 aliphatic carbocycles. The first-order valence-electron chi connectivity index (χ1n) is 11.4. The molecule has 2 aromatic carbocycles. The quantitative estimate of drug-likeness (QED) is 0.349. The van der Waals surface area contributed by atoms with Crippen LogP contribution in [0.4, 0.5) is 18.0 Å². The van der Waals surface area contributed by atoms with Crippen LogP contribution >= 0.6 is 22.9 Å². The van der Waals surface area contributed by atoms with Crippen molar-refractivity contribution in [2.75, 3.05) is 19.6 Å². The first-order chi connectivity index (χ1) is 17.2. The van der Waals surface area contributed by atoms with Crippen molar-refractivity contribution in [3.05, 3.63) is 75.6 Å². The maximum Gasteiger partial charge on any atom is 0.573 e. The van der Waals surface area contributed by atoms with Crippen LogP contribution in [0.15, 0.2) is 59.4 Å². The number of ether oxygens (including phenoxy) is 2. The van der Waals surface area contributed by atoms with Crippen molar-refractivity contribution >= 4 is 29.0 Å². The molecule has 1 saturated carbocycles. The van der Waals surface area contributed by atoms with Crippen LogP contribution in [-0.4, -0.2) is 46.9 Å². The van der Waals surface area contributed by atoms with Gasteiger partial charge >= 0.3 is 12.5 Å². The molecule has 36 heavy (non-hydrogen) atoms. The summed E-state index contributed by atoms with van der Waals surface area (Å²) in [5.74, 6) is 1.12. The van der Waals surface area contributed by atoms with E-state index in [1.54, 1.807) is 21.9 Å². The Labute approximate surface area is 215 Å². The van der Waals surface area contributed by atoms with Crippen LogP contribution in [0, 0.1) is 17.8 Å². The average Bonchev–Trinajstić information content (AvgIpc) is 3.18. The zero-order valence-corrected chi connectivity index (χ0v) is 20.6. The second kappa shape index (κ2) is 10.3. The highest BCUT2D eigenvalue weighted by molar-refractivity contribution is 7.07. The summed E-state index contributed by atoms with van der Waals surface area (Å²) in [6.07, 6.45) is -5.36. The van der Waals surface area contributed by atoms with E-state index in [1.165, 1.54) is 35.1 Å². The summed E-state index contributed by atoms with van der Waals surface area (Å²) in [6.45, 7) is 3.27. The number of thiazole rings is 1. The summed E-state index contributed by atoms with van der Waals surface area (Å²) in [4.78, 5) is 20.9. The fourth-order valence-corrected chi connectivity index (χ4v) is 5.49. The normalized spacial score (nSPS) is 21.2. The number of alkyl halides is 3. The molecule has 0 bridgehead atoms. The molecule has 190 valence electrons. The van der Waals surface area contributed by atoms with Gasteiger partial charge in [0.1, 0.15) is 5.75 Å². The standard InChI is InChI=1S/C25H23ClF3N3O3S/c26-18-6-4-16(5-7-18)9-31-11-20-21(12-31)22(20)13-32(24(33)34-23-14-36-15-30-23)10-17-2-1-3-19(8-17)35-25(27,28)29/h1-8,14-15,20-22H,9-13H2. The largest absolute Gasteiger partial charge is 0.573 e. The van der Waals surface area contributed by atoms with E-state index in [4.69, 9.17) is 16.3 Å². The van der Waals surface area contributed by atoms with Gasteiger partial charge in [-0.15, -0.1) is 24.5 Å². The summed E-state index contributed by atoms with van der Waals surface area (Å²) >= 11 is 7.28. The molecule has 1 amide bonds. The number of benzene rings is 2. The smallest absolute Gasteiger partial charge is 0.406 e. The summed E-state index contributed by atoms with van der Waals surface area (Å²) in [5, 5.41) is 2.33. The third-order valence-electron chi connectivity index (χ3n) is 6.56. The van der Waals surface area contributed by atoms with E-state index in [9.17, 15) is 18.0 Å². The highest BCUT2D eigenvalue weighted by Crippen LogP contribution is 2.52. The van der Waals surface area contributed by atoms with Crippen molar-refractivity contribution in [2.45, 2.75) is 19.5 Å². The number of carbonyl (C=O) groups is 1. The number of likely N-dealkylation sites (tertiary alicyclic amines) is 1. The van der Waals surface area contributed by atoms with Gasteiger partial charge in [-0.3, -0.25) is 4.90 Å². The topological polar surface area (TPSA) is 54.9 Å². The second-order valence-electron chi connectivity index (χ2n) is 9.08. The Morgan fingerprint density at radius 1 is 1.14 bits per heavy atom. The van der Waals surface area contributed by atoms with Crippen LogP contribution in [0.3, 0.4) is 0 Å². The number of rotatable bonds is 8. The Balaban J connectivity index is 1.22. The molecule has 6 nitrogen and oxygen atoms in total. The zero-order chi connectivity index (χ0) is 25.3. The molecular weight excluding hydrogens is 515 g/mol. The lowest BCUT2D eigenvalue weighted by atomic mass is 10.1. The van der Waals surface area contributed by atoms with Gasteiger partial charge in [-0.25, -0.2) is 9.78 Å². The van der Waals surface area contributed by atoms with Gasteiger partial charge in [0.05, 0.1) is 10.9 Å². The second-order valence-corrected chi connectivity index (χ2v) is 10.2. The van der Waals surface area contributed by atoms with E-state index in [0.717, 1.165) is 19.6 Å². The Hall–Kier alpha value is -2.82. The Bertz CT molecular complexity index is 1180. The predicted octanol–water partition coefficient (Wildman–Crippen LogP) is 6.07. The minimum absolute atomic E-state index is 0.0997. The molecule has 3 aromatic rings. The molecule has 11 heteroatoms. The number of nitrogens with zero attached hydrogens (tertiary/aromatic N) is 3. The highest BCUT2D eigenvalue weighted by atomic mass is 35.5. The molecule has 0 radical (unpaired) electrons. The number of amides is 1. The number of hydrogen-bond donors (Lipinski definition) is 0. The van der Waals surface area contributed by atoms with Gasteiger partial charge in [-0.1, -0.05) is 35.9 Å². The molecule has 2 heterocycles. The number of halogens is 4. The van der Waals surface area contributed by atoms with Gasteiger partial charge in [-0.2, -0.15) is 0 Å². The van der Waals surface area contributed by atoms with Crippen molar-refractivity contribution in [3.8, 4) is 11.6 Å². The third-order valence-corrected chi connectivity index (χ3v) is 7.38. The Morgan fingerprint density at radius 2 is 1.89 bits per heavy atom. The van der Waals surface area contributed by atoms with Crippen molar-refractivity contribution in [1.29, 1.82) is 0 Å². The lowest BCUT2D eigenvalue weighted by Gasteiger charge is -2.25. The Morgan fingerprint density at radius 3 is 2.56 bits per heavy atom. The van der Waals surface area contributed by atoms with Crippen molar-refractivity contribution in [1.82, 2.24) is 14.8 Å². The van der Waals surface area contributed by atoms with Gasteiger partial charge in [0.25, 0.3) is 0 Å². The van der Waals surface area contributed by atoms with Crippen molar-refractivity contribution in [3.63, 3.8) is 0 Å². The fourth-order valence-electron chi connectivity index (χ4n) is 4.91. The molecule has 1 aliphatic heterocycles. The van der Waals surface area contributed by atoms with Crippen LogP contribution in [0.2, 0.25) is 5.02 Å². The first kappa shape index (κ1) is 24.9. The maximum absolute atomic E-state index is 13.0. The maximum atomic E-state index is 13.0. The van der Waals surface area contributed by atoms with Gasteiger partial charge in [-0.05, 0) is 53.1 Å². The lowest BCUT2D eigenvalue weighted by molar-refractivity contribution is -0.274. The van der Waals surface area contributed by atoms with Gasteiger partial charge < -0.3 is 14.4 Å². The van der Waals surface area contributed by atoms with Crippen molar-refractivity contribution < 1.29 is 27.4 Å². The molecule has 2 fully saturated rings. The van der Waals surface area contributed by atoms with E-state index >= 15 is 0 Å². The number of carbonyl (C=O) groups excluding carboxylic acids is 1. The number of fused-ring (bicyclic) bond motifs is 1. The van der Waals surface area contributed by atoms with Crippen LogP contribution in [0.5, 0.6) is 11.6 Å². The number of piperidine rings is 1. The number of hydrogen-bond acceptors (Lipinski definition) is 6. The SMILES string of the molecule is O=C(Oc1cscn1)N(Cc1cccc(OC(F)(F)F)c1)CC1C2CN(Cc3ccc(Cl)cc3)CC21. The average molecular weight is 538 g/mol. The summed E-state index contributed by atoms with van der Waals surface area (Å²) in [7, 11) is 0. The van der Waals surface area contributed by atoms with Crippen LogP contribution in [0.25, 0.3) is 0 Å². The third kappa shape index (κ3) is 6.29. The molecule has 0 spiro atoms. The summed E-state index contributed by atoms with van der Waals surface area (Å²) in [6, 6.07) is 13.5. The van der Waals surface area contributed by atoms with E-state index in [1.807, 2.05) is 24.3 Å².